The van der Waals surface area contributed by atoms with E-state index in [-0.39, 0.29) is 24.3 Å². The Kier molecular flexibility index (Phi) is 6.26. The summed E-state index contributed by atoms with van der Waals surface area (Å²) in [4.78, 5) is 17.1. The highest BCUT2D eigenvalue weighted by atomic mass is 16.8. The summed E-state index contributed by atoms with van der Waals surface area (Å²) in [6.07, 6.45) is -1.96. The van der Waals surface area contributed by atoms with E-state index in [1.165, 1.54) is 5.06 Å². The van der Waals surface area contributed by atoms with Gasteiger partial charge in [-0.15, -0.1) is 5.06 Å². The number of aliphatic hydroxyl groups is 1. The Bertz CT molecular complexity index is 568. The number of phenols is 1. The summed E-state index contributed by atoms with van der Waals surface area (Å²) < 4.78 is 10.9. The fourth-order valence-electron chi connectivity index (χ4n) is 2.91. The molecule has 25 heavy (non-hydrogen) atoms. The van der Waals surface area contributed by atoms with E-state index in [9.17, 15) is 15.0 Å². The average molecular weight is 353 g/mol. The molecular weight excluding hydrogens is 326 g/mol. The minimum Gasteiger partial charge on any atom is -0.508 e. The molecule has 1 aromatic carbocycles. The van der Waals surface area contributed by atoms with Crippen LogP contribution in [0.15, 0.2) is 24.3 Å². The van der Waals surface area contributed by atoms with Crippen LogP contribution in [0.4, 0.5) is 4.79 Å². The topological polar surface area (TPSA) is 88.5 Å². The van der Waals surface area contributed by atoms with Gasteiger partial charge in [0.25, 0.3) is 0 Å². The van der Waals surface area contributed by atoms with Gasteiger partial charge >= 0.3 is 6.16 Å². The molecule has 0 amide bonds. The van der Waals surface area contributed by atoms with Crippen molar-refractivity contribution in [1.82, 2.24) is 5.06 Å². The van der Waals surface area contributed by atoms with Crippen molar-refractivity contribution in [2.45, 2.75) is 51.4 Å². The van der Waals surface area contributed by atoms with Crippen molar-refractivity contribution in [3.63, 3.8) is 0 Å². The number of rotatable bonds is 4. The van der Waals surface area contributed by atoms with E-state index in [0.717, 1.165) is 5.56 Å². The van der Waals surface area contributed by atoms with Crippen molar-refractivity contribution in [1.29, 1.82) is 0 Å². The minimum atomic E-state index is -0.807. The molecule has 2 rings (SSSR count). The van der Waals surface area contributed by atoms with E-state index in [1.807, 2.05) is 6.92 Å². The molecule has 0 radical (unpaired) electrons. The second kappa shape index (κ2) is 8.03. The van der Waals surface area contributed by atoms with Gasteiger partial charge in [-0.05, 0) is 45.4 Å². The molecule has 3 atom stereocenters. The second-order valence-electron chi connectivity index (χ2n) is 7.08. The standard InChI is InChI=1S/C18H27NO6/c1-5-23-15-11-19(25-17(22)24-18(2,3)4)10-14(21)16(15)12-6-8-13(20)9-7-12/h6-9,14-16,20-21H,5,10-11H2,1-4H3/t14-,15+,16+/m0/s1. The van der Waals surface area contributed by atoms with E-state index in [1.54, 1.807) is 45.0 Å². The molecule has 2 N–H and O–H groups in total. The maximum atomic E-state index is 11.9. The molecule has 1 saturated heterocycles. The Balaban J connectivity index is 2.08. The van der Waals surface area contributed by atoms with Crippen molar-refractivity contribution < 1.29 is 29.3 Å². The molecule has 140 valence electrons. The third-order valence-corrected chi connectivity index (χ3v) is 3.84. The van der Waals surface area contributed by atoms with Crippen LogP contribution < -0.4 is 0 Å². The largest absolute Gasteiger partial charge is 0.528 e. The normalized spacial score (nSPS) is 24.8. The van der Waals surface area contributed by atoms with Crippen LogP contribution in [0.2, 0.25) is 0 Å². The number of carbonyl (C=O) groups excluding carboxylic acids is 1. The van der Waals surface area contributed by atoms with Gasteiger partial charge in [-0.1, -0.05) is 12.1 Å². The molecule has 0 aromatic heterocycles. The molecule has 0 bridgehead atoms. The van der Waals surface area contributed by atoms with Gasteiger partial charge in [-0.3, -0.25) is 0 Å². The molecule has 0 unspecified atom stereocenters. The highest BCUT2D eigenvalue weighted by Gasteiger charge is 2.39. The molecule has 1 aliphatic rings. The number of hydrogen-bond donors (Lipinski definition) is 2. The zero-order valence-corrected chi connectivity index (χ0v) is 15.1. The second-order valence-corrected chi connectivity index (χ2v) is 7.08. The van der Waals surface area contributed by atoms with E-state index < -0.39 is 17.9 Å². The molecule has 7 heteroatoms. The Hall–Kier alpha value is -1.83. The van der Waals surface area contributed by atoms with E-state index >= 15 is 0 Å². The lowest BCUT2D eigenvalue weighted by molar-refractivity contribution is -0.198. The molecule has 0 saturated carbocycles. The maximum absolute atomic E-state index is 11.9. The number of carbonyl (C=O) groups is 1. The van der Waals surface area contributed by atoms with Crippen LogP contribution in [-0.2, 0) is 14.3 Å². The molecule has 1 heterocycles. The van der Waals surface area contributed by atoms with Gasteiger partial charge in [-0.2, -0.15) is 0 Å². The van der Waals surface area contributed by atoms with Crippen LogP contribution in [0.3, 0.4) is 0 Å². The molecule has 0 spiro atoms. The Morgan fingerprint density at radius 1 is 1.24 bits per heavy atom. The number of hydroxylamine groups is 2. The van der Waals surface area contributed by atoms with Crippen LogP contribution in [0, 0.1) is 0 Å². The van der Waals surface area contributed by atoms with Gasteiger partial charge in [0.15, 0.2) is 0 Å². The maximum Gasteiger partial charge on any atom is 0.528 e. The van der Waals surface area contributed by atoms with Crippen LogP contribution >= 0.6 is 0 Å². The highest BCUT2D eigenvalue weighted by molar-refractivity contribution is 5.60. The third kappa shape index (κ3) is 5.59. The van der Waals surface area contributed by atoms with Crippen LogP contribution in [0.5, 0.6) is 5.75 Å². The van der Waals surface area contributed by atoms with Crippen molar-refractivity contribution in [3.8, 4) is 5.75 Å². The van der Waals surface area contributed by atoms with Gasteiger partial charge in [0, 0.05) is 12.5 Å². The van der Waals surface area contributed by atoms with Gasteiger partial charge in [0.1, 0.15) is 11.4 Å². The first-order valence-corrected chi connectivity index (χ1v) is 8.44. The highest BCUT2D eigenvalue weighted by Crippen LogP contribution is 2.32. The minimum absolute atomic E-state index is 0.147. The lowest BCUT2D eigenvalue weighted by Crippen LogP contribution is -2.52. The lowest BCUT2D eigenvalue weighted by Gasteiger charge is -2.40. The van der Waals surface area contributed by atoms with Crippen LogP contribution in [0.25, 0.3) is 0 Å². The predicted octanol–water partition coefficient (Wildman–Crippen LogP) is 2.42. The Labute approximate surface area is 148 Å². The van der Waals surface area contributed by atoms with Crippen LogP contribution in [0.1, 0.15) is 39.2 Å². The van der Waals surface area contributed by atoms with Gasteiger partial charge in [-0.25, -0.2) is 4.79 Å². The molecule has 7 nitrogen and oxygen atoms in total. The number of aromatic hydroxyl groups is 1. The number of hydrogen-bond acceptors (Lipinski definition) is 7. The van der Waals surface area contributed by atoms with Crippen molar-refractivity contribution >= 4 is 6.16 Å². The fraction of sp³-hybridized carbons (Fsp3) is 0.611. The number of β-amino-alcohol motifs (C(OH)–C–C–N with tert-alkyl or cyclic N) is 1. The first kappa shape index (κ1) is 19.5. The van der Waals surface area contributed by atoms with E-state index in [2.05, 4.69) is 0 Å². The van der Waals surface area contributed by atoms with Gasteiger partial charge in [0.2, 0.25) is 0 Å². The summed E-state index contributed by atoms with van der Waals surface area (Å²) in [6.45, 7) is 8.06. The van der Waals surface area contributed by atoms with Crippen molar-refractivity contribution in [3.05, 3.63) is 29.8 Å². The lowest BCUT2D eigenvalue weighted by atomic mass is 9.85. The first-order chi connectivity index (χ1) is 11.7. The summed E-state index contributed by atoms with van der Waals surface area (Å²) in [5, 5.41) is 21.4. The zero-order chi connectivity index (χ0) is 18.6. The van der Waals surface area contributed by atoms with E-state index in [4.69, 9.17) is 14.3 Å². The van der Waals surface area contributed by atoms with Gasteiger partial charge < -0.3 is 24.5 Å². The zero-order valence-electron chi connectivity index (χ0n) is 15.1. The molecule has 1 fully saturated rings. The SMILES string of the molecule is CCO[C@@H]1CN(OC(=O)OC(C)(C)C)C[C@H](O)[C@H]1c1ccc(O)cc1. The summed E-state index contributed by atoms with van der Waals surface area (Å²) in [7, 11) is 0. The smallest absolute Gasteiger partial charge is 0.508 e. The summed E-state index contributed by atoms with van der Waals surface area (Å²) in [6, 6.07) is 6.68. The molecular formula is C18H27NO6. The van der Waals surface area contributed by atoms with Crippen molar-refractivity contribution in [2.24, 2.45) is 0 Å². The first-order valence-electron chi connectivity index (χ1n) is 8.44. The number of benzene rings is 1. The van der Waals surface area contributed by atoms with E-state index in [0.29, 0.717) is 13.2 Å². The summed E-state index contributed by atoms with van der Waals surface area (Å²) in [5.74, 6) is -0.115. The molecule has 1 aromatic rings. The Morgan fingerprint density at radius 2 is 1.88 bits per heavy atom. The monoisotopic (exact) mass is 353 g/mol. The average Bonchev–Trinajstić information content (AvgIpc) is 2.47. The summed E-state index contributed by atoms with van der Waals surface area (Å²) in [5.41, 5.74) is 0.208. The fourth-order valence-corrected chi connectivity index (χ4v) is 2.91. The van der Waals surface area contributed by atoms with Crippen molar-refractivity contribution in [2.75, 3.05) is 19.7 Å². The van der Waals surface area contributed by atoms with Crippen LogP contribution in [-0.4, -0.2) is 58.9 Å². The number of nitrogens with zero attached hydrogens (tertiary/aromatic N) is 1. The Morgan fingerprint density at radius 3 is 2.44 bits per heavy atom. The number of piperidine rings is 1. The van der Waals surface area contributed by atoms with Gasteiger partial charge in [0.05, 0.1) is 25.3 Å². The number of phenolic OH excluding ortho intramolecular Hbond substituents is 1. The molecule has 1 aliphatic heterocycles. The molecule has 0 aliphatic carbocycles. The summed E-state index contributed by atoms with van der Waals surface area (Å²) >= 11 is 0. The number of aliphatic hydroxyl groups excluding tert-OH is 1. The third-order valence-electron chi connectivity index (χ3n) is 3.84. The number of ether oxygens (including phenoxy) is 2. The quantitative estimate of drug-likeness (QED) is 0.804. The predicted molar refractivity (Wildman–Crippen MR) is 91.2 cm³/mol.